The van der Waals surface area contributed by atoms with E-state index in [1.54, 1.807) is 0 Å². The number of fused-ring (bicyclic) bond motifs is 1. The molecule has 3 heteroatoms. The first-order valence-corrected chi connectivity index (χ1v) is 6.32. The fourth-order valence-corrected chi connectivity index (χ4v) is 1.89. The van der Waals surface area contributed by atoms with E-state index in [9.17, 15) is 0 Å². The molecule has 0 N–H and O–H groups in total. The summed E-state index contributed by atoms with van der Waals surface area (Å²) in [4.78, 5) is 13.6. The molecule has 0 unspecified atom stereocenters. The van der Waals surface area contributed by atoms with Crippen molar-refractivity contribution < 1.29 is 0 Å². The first kappa shape index (κ1) is 12.9. The third-order valence-corrected chi connectivity index (χ3v) is 3.02. The minimum absolute atomic E-state index is 0.000602. The van der Waals surface area contributed by atoms with Gasteiger partial charge in [0.15, 0.2) is 5.65 Å². The van der Waals surface area contributed by atoms with Gasteiger partial charge in [0.05, 0.1) is 5.69 Å². The van der Waals surface area contributed by atoms with E-state index in [4.69, 9.17) is 0 Å². The molecule has 0 aliphatic rings. The summed E-state index contributed by atoms with van der Waals surface area (Å²) in [6.45, 7) is 13.0. The molecule has 2 heterocycles. The molecule has 0 radical (unpaired) electrons. The minimum atomic E-state index is 0.000602. The molecule has 18 heavy (non-hydrogen) atoms. The van der Waals surface area contributed by atoms with Crippen molar-refractivity contribution in [2.45, 2.75) is 52.4 Å². The average Bonchev–Trinajstić information content (AvgIpc) is 2.25. The predicted octanol–water partition coefficient (Wildman–Crippen LogP) is 3.62. The van der Waals surface area contributed by atoms with Crippen molar-refractivity contribution in [3.8, 4) is 0 Å². The highest BCUT2D eigenvalue weighted by atomic mass is 14.9. The first-order valence-electron chi connectivity index (χ1n) is 6.32. The van der Waals surface area contributed by atoms with Crippen LogP contribution < -0.4 is 0 Å². The SMILES string of the molecule is CC(C)(C)c1cnc2c(C(C)(C)C)ccnc2n1. The van der Waals surface area contributed by atoms with Gasteiger partial charge in [0.1, 0.15) is 5.52 Å². The van der Waals surface area contributed by atoms with Crippen LogP contribution in [0.15, 0.2) is 18.5 Å². The Morgan fingerprint density at radius 1 is 0.889 bits per heavy atom. The molecule has 2 rings (SSSR count). The lowest BCUT2D eigenvalue weighted by molar-refractivity contribution is 0.566. The summed E-state index contributed by atoms with van der Waals surface area (Å²) in [7, 11) is 0. The van der Waals surface area contributed by atoms with Gasteiger partial charge in [-0.3, -0.25) is 4.98 Å². The molecule has 0 amide bonds. The van der Waals surface area contributed by atoms with E-state index in [0.29, 0.717) is 0 Å². The Kier molecular flexibility index (Phi) is 2.88. The van der Waals surface area contributed by atoms with Crippen molar-refractivity contribution in [3.63, 3.8) is 0 Å². The van der Waals surface area contributed by atoms with E-state index in [1.165, 1.54) is 5.56 Å². The van der Waals surface area contributed by atoms with Gasteiger partial charge >= 0.3 is 0 Å². The molecule has 0 saturated heterocycles. The van der Waals surface area contributed by atoms with E-state index in [0.717, 1.165) is 16.9 Å². The number of hydrogen-bond acceptors (Lipinski definition) is 3. The summed E-state index contributed by atoms with van der Waals surface area (Å²) < 4.78 is 0. The van der Waals surface area contributed by atoms with Gasteiger partial charge in [-0.25, -0.2) is 9.97 Å². The lowest BCUT2D eigenvalue weighted by Gasteiger charge is -2.21. The van der Waals surface area contributed by atoms with Crippen molar-refractivity contribution in [2.24, 2.45) is 0 Å². The van der Waals surface area contributed by atoms with Crippen LogP contribution in [0.1, 0.15) is 52.8 Å². The fraction of sp³-hybridized carbons (Fsp3) is 0.533. The van der Waals surface area contributed by atoms with Gasteiger partial charge in [0.25, 0.3) is 0 Å². The molecule has 3 nitrogen and oxygen atoms in total. The molecular formula is C15H21N3. The highest BCUT2D eigenvalue weighted by Gasteiger charge is 2.21. The van der Waals surface area contributed by atoms with Crippen LogP contribution in [0.2, 0.25) is 0 Å². The summed E-state index contributed by atoms with van der Waals surface area (Å²) in [5, 5.41) is 0. The monoisotopic (exact) mass is 243 g/mol. The van der Waals surface area contributed by atoms with Crippen molar-refractivity contribution in [3.05, 3.63) is 29.7 Å². The van der Waals surface area contributed by atoms with Gasteiger partial charge in [-0.15, -0.1) is 0 Å². The Morgan fingerprint density at radius 2 is 1.56 bits per heavy atom. The van der Waals surface area contributed by atoms with Crippen LogP contribution in [0.5, 0.6) is 0 Å². The van der Waals surface area contributed by atoms with Crippen molar-refractivity contribution in [2.75, 3.05) is 0 Å². The molecule has 0 fully saturated rings. The predicted molar refractivity (Wildman–Crippen MR) is 74.7 cm³/mol. The third kappa shape index (κ3) is 2.35. The first-order chi connectivity index (χ1) is 8.19. The molecular weight excluding hydrogens is 222 g/mol. The minimum Gasteiger partial charge on any atom is -0.251 e. The molecule has 0 bridgehead atoms. The lowest BCUT2D eigenvalue weighted by atomic mass is 9.86. The molecule has 0 aromatic carbocycles. The van der Waals surface area contributed by atoms with Crippen LogP contribution in [0.3, 0.4) is 0 Å². The molecule has 0 aliphatic heterocycles. The van der Waals surface area contributed by atoms with Crippen LogP contribution in [0, 0.1) is 0 Å². The summed E-state index contributed by atoms with van der Waals surface area (Å²) in [6, 6.07) is 2.04. The zero-order valence-corrected chi connectivity index (χ0v) is 12.1. The molecule has 0 atom stereocenters. The Bertz CT molecular complexity index is 574. The maximum Gasteiger partial charge on any atom is 0.178 e. The second-order valence-electron chi connectivity index (χ2n) is 6.79. The van der Waals surface area contributed by atoms with Gasteiger partial charge in [0.2, 0.25) is 0 Å². The number of pyridine rings is 1. The molecule has 2 aromatic heterocycles. The van der Waals surface area contributed by atoms with Crippen molar-refractivity contribution in [1.29, 1.82) is 0 Å². The second kappa shape index (κ2) is 4.01. The number of nitrogens with zero attached hydrogens (tertiary/aromatic N) is 3. The molecule has 0 aliphatic carbocycles. The normalized spacial score (nSPS) is 13.0. The zero-order chi connectivity index (χ0) is 13.6. The zero-order valence-electron chi connectivity index (χ0n) is 12.1. The maximum absolute atomic E-state index is 4.65. The van der Waals surface area contributed by atoms with Gasteiger partial charge in [-0.1, -0.05) is 41.5 Å². The maximum atomic E-state index is 4.65. The van der Waals surface area contributed by atoms with E-state index in [1.807, 2.05) is 18.5 Å². The quantitative estimate of drug-likeness (QED) is 0.709. The number of rotatable bonds is 0. The standard InChI is InChI=1S/C15H21N3/c1-14(2,3)10-7-8-16-13-12(10)17-9-11(18-13)15(4,5)6/h7-9H,1-6H3. The number of hydrogen-bond donors (Lipinski definition) is 0. The average molecular weight is 243 g/mol. The van der Waals surface area contributed by atoms with Gasteiger partial charge < -0.3 is 0 Å². The highest BCUT2D eigenvalue weighted by Crippen LogP contribution is 2.28. The smallest absolute Gasteiger partial charge is 0.178 e. The van der Waals surface area contributed by atoms with E-state index >= 15 is 0 Å². The Morgan fingerprint density at radius 3 is 2.11 bits per heavy atom. The Balaban J connectivity index is 2.68. The third-order valence-electron chi connectivity index (χ3n) is 3.02. The van der Waals surface area contributed by atoms with Crippen LogP contribution in [0.25, 0.3) is 11.2 Å². The van der Waals surface area contributed by atoms with Gasteiger partial charge in [0, 0.05) is 17.8 Å². The topological polar surface area (TPSA) is 38.7 Å². The van der Waals surface area contributed by atoms with Crippen molar-refractivity contribution in [1.82, 2.24) is 15.0 Å². The van der Waals surface area contributed by atoms with Crippen LogP contribution in [-0.4, -0.2) is 15.0 Å². The lowest BCUT2D eigenvalue weighted by Crippen LogP contribution is -2.16. The largest absolute Gasteiger partial charge is 0.251 e. The summed E-state index contributed by atoms with van der Waals surface area (Å²) in [5.74, 6) is 0. The molecule has 0 saturated carbocycles. The number of aromatic nitrogens is 3. The molecule has 0 spiro atoms. The Labute approximate surface area is 109 Å². The van der Waals surface area contributed by atoms with E-state index in [2.05, 4.69) is 56.5 Å². The summed E-state index contributed by atoms with van der Waals surface area (Å²) in [6.07, 6.45) is 3.70. The molecule has 2 aromatic rings. The van der Waals surface area contributed by atoms with Crippen molar-refractivity contribution >= 4 is 11.2 Å². The van der Waals surface area contributed by atoms with Crippen LogP contribution >= 0.6 is 0 Å². The van der Waals surface area contributed by atoms with Crippen LogP contribution in [0.4, 0.5) is 0 Å². The fourth-order valence-electron chi connectivity index (χ4n) is 1.89. The summed E-state index contributed by atoms with van der Waals surface area (Å²) in [5.41, 5.74) is 3.89. The molecule has 96 valence electrons. The Hall–Kier alpha value is -1.51. The van der Waals surface area contributed by atoms with Crippen LogP contribution in [-0.2, 0) is 10.8 Å². The van der Waals surface area contributed by atoms with E-state index < -0.39 is 0 Å². The second-order valence-corrected chi connectivity index (χ2v) is 6.79. The highest BCUT2D eigenvalue weighted by molar-refractivity contribution is 5.75. The van der Waals surface area contributed by atoms with Gasteiger partial charge in [-0.05, 0) is 17.0 Å². The van der Waals surface area contributed by atoms with Gasteiger partial charge in [-0.2, -0.15) is 0 Å². The summed E-state index contributed by atoms with van der Waals surface area (Å²) >= 11 is 0. The van der Waals surface area contributed by atoms with E-state index in [-0.39, 0.29) is 10.8 Å².